The van der Waals surface area contributed by atoms with Gasteiger partial charge in [-0.15, -0.1) is 0 Å². The monoisotopic (exact) mass is 1260 g/mol. The fourth-order valence-corrected chi connectivity index (χ4v) is 19.7. The van der Waals surface area contributed by atoms with Crippen LogP contribution in [0.5, 0.6) is 0 Å². The number of benzene rings is 15. The molecule has 0 saturated carbocycles. The van der Waals surface area contributed by atoms with Gasteiger partial charge in [0.1, 0.15) is 23.3 Å². The summed E-state index contributed by atoms with van der Waals surface area (Å²) in [5.74, 6) is 0. The molecule has 6 heteroatoms. The molecule has 0 N–H and O–H groups in total. The van der Waals surface area contributed by atoms with Crippen LogP contribution in [0.25, 0.3) is 154 Å². The first-order chi connectivity index (χ1) is 49.6. The molecule has 4 aromatic heterocycles. The zero-order chi connectivity index (χ0) is 65.4. The summed E-state index contributed by atoms with van der Waals surface area (Å²) in [5, 5.41) is 35.2. The molecule has 19 aromatic rings. The maximum atomic E-state index is 13.5. The largest absolute Gasteiger partial charge is 0.306 e. The number of hydrogen-bond acceptors (Lipinski definition) is 2. The van der Waals surface area contributed by atoms with Crippen LogP contribution in [0, 0.1) is 22.7 Å². The number of para-hydroxylation sites is 6. The Kier molecular flexibility index (Phi) is 10.3. The lowest BCUT2D eigenvalue weighted by Gasteiger charge is -2.31. The topological polar surface area (TPSA) is 67.3 Å². The van der Waals surface area contributed by atoms with E-state index in [1.807, 2.05) is 0 Å². The second-order valence-corrected chi connectivity index (χ2v) is 27.4. The Morgan fingerprint density at radius 1 is 0.190 bits per heavy atom. The molecule has 0 unspecified atom stereocenters. The second kappa shape index (κ2) is 19.2. The van der Waals surface area contributed by atoms with Crippen molar-refractivity contribution >= 4 is 87.2 Å². The molecule has 4 aliphatic rings. The third kappa shape index (κ3) is 6.27. The quantitative estimate of drug-likeness (QED) is 0.176. The van der Waals surface area contributed by atoms with Crippen molar-refractivity contribution in [1.82, 2.24) is 18.3 Å². The third-order valence-electron chi connectivity index (χ3n) is 23.3. The van der Waals surface area contributed by atoms with E-state index in [1.165, 1.54) is 89.0 Å². The van der Waals surface area contributed by atoms with Gasteiger partial charge in [-0.1, -0.05) is 255 Å². The maximum Gasteiger partial charge on any atom is 0.104 e. The van der Waals surface area contributed by atoms with Crippen LogP contribution in [0.4, 0.5) is 0 Å². The molecule has 458 valence electrons. The van der Waals surface area contributed by atoms with Crippen molar-refractivity contribution in [2.24, 2.45) is 0 Å². The molecule has 0 amide bonds. The first-order valence-electron chi connectivity index (χ1n) is 34.4. The van der Waals surface area contributed by atoms with E-state index in [4.69, 9.17) is 0 Å². The summed E-state index contributed by atoms with van der Waals surface area (Å²) in [7, 11) is 0. The summed E-state index contributed by atoms with van der Waals surface area (Å²) in [4.78, 5) is 0. The van der Waals surface area contributed by atoms with Gasteiger partial charge in [-0.2, -0.15) is 10.5 Å². The lowest BCUT2D eigenvalue weighted by molar-refractivity contribution is 0.794. The van der Waals surface area contributed by atoms with Gasteiger partial charge in [0.25, 0.3) is 0 Å². The predicted octanol–water partition coefficient (Wildman–Crippen LogP) is 22.5. The lowest BCUT2D eigenvalue weighted by Crippen LogP contribution is -2.26. The maximum absolute atomic E-state index is 13.5. The van der Waals surface area contributed by atoms with E-state index in [2.05, 4.69) is 346 Å². The zero-order valence-corrected chi connectivity index (χ0v) is 53.7. The fourth-order valence-electron chi connectivity index (χ4n) is 19.7. The van der Waals surface area contributed by atoms with Crippen molar-refractivity contribution in [3.63, 3.8) is 0 Å². The minimum absolute atomic E-state index is 0.407. The SMILES string of the molecule is N#Cc1c(-n2c3ccccc3c3ccccc32)c(-n2c3ccccc3c3cc4c(cc32)C2(c3ccccc3-c3ccccc32)c2ccccc2-4)c(C#N)c(-n2c3ccccc3c3ccccc32)c1-n1c2ccccc2c2cc3c(cc21)C1(c2ccccc2-c2ccccc21)c1ccccc1-3. The molecule has 100 heavy (non-hydrogen) atoms. The number of aromatic nitrogens is 4. The third-order valence-corrected chi connectivity index (χ3v) is 23.3. The van der Waals surface area contributed by atoms with Crippen LogP contribution in [0.3, 0.4) is 0 Å². The van der Waals surface area contributed by atoms with E-state index < -0.39 is 10.8 Å². The summed E-state index contributed by atoms with van der Waals surface area (Å²) in [6.45, 7) is 0. The molecule has 0 aliphatic heterocycles. The normalized spacial score (nSPS) is 13.7. The van der Waals surface area contributed by atoms with Crippen molar-refractivity contribution in [1.29, 1.82) is 10.5 Å². The summed E-state index contributed by atoms with van der Waals surface area (Å²) in [6.07, 6.45) is 0. The van der Waals surface area contributed by atoms with Crippen LogP contribution >= 0.6 is 0 Å². The molecule has 4 heterocycles. The summed E-state index contributed by atoms with van der Waals surface area (Å²) in [5.41, 5.74) is 28.6. The average Bonchev–Trinajstić information content (AvgIpc) is 1.49. The Morgan fingerprint density at radius 3 is 0.640 bits per heavy atom. The summed E-state index contributed by atoms with van der Waals surface area (Å²) >= 11 is 0. The van der Waals surface area contributed by atoms with E-state index in [-0.39, 0.29) is 0 Å². The van der Waals surface area contributed by atoms with Crippen molar-refractivity contribution < 1.29 is 0 Å². The number of fused-ring (bicyclic) bond motifs is 32. The van der Waals surface area contributed by atoms with Crippen LogP contribution in [0.1, 0.15) is 55.6 Å². The molecule has 23 rings (SSSR count). The Labute approximate surface area is 573 Å². The lowest BCUT2D eigenvalue weighted by atomic mass is 9.70. The van der Waals surface area contributed by atoms with Crippen molar-refractivity contribution in [2.45, 2.75) is 10.8 Å². The molecular weight excluding hydrogens is 1210 g/mol. The minimum Gasteiger partial charge on any atom is -0.306 e. The minimum atomic E-state index is -0.683. The molecule has 0 radical (unpaired) electrons. The molecule has 0 bridgehead atoms. The van der Waals surface area contributed by atoms with Gasteiger partial charge in [-0.05, 0) is 150 Å². The molecular formula is C94H52N6. The zero-order valence-electron chi connectivity index (χ0n) is 53.7. The Hall–Kier alpha value is -13.5. The van der Waals surface area contributed by atoms with Crippen LogP contribution in [-0.4, -0.2) is 18.3 Å². The summed E-state index contributed by atoms with van der Waals surface area (Å²) < 4.78 is 9.39. The van der Waals surface area contributed by atoms with Crippen LogP contribution in [0.2, 0.25) is 0 Å². The van der Waals surface area contributed by atoms with E-state index in [0.717, 1.165) is 87.2 Å². The van der Waals surface area contributed by atoms with Crippen LogP contribution in [0.15, 0.2) is 315 Å². The van der Waals surface area contributed by atoms with Gasteiger partial charge < -0.3 is 18.3 Å². The molecule has 0 saturated heterocycles. The smallest absolute Gasteiger partial charge is 0.104 e. The highest BCUT2D eigenvalue weighted by atomic mass is 15.1. The van der Waals surface area contributed by atoms with Gasteiger partial charge in [-0.3, -0.25) is 0 Å². The first kappa shape index (κ1) is 53.7. The van der Waals surface area contributed by atoms with E-state index >= 15 is 0 Å². The molecule has 2 spiro atoms. The highest BCUT2D eigenvalue weighted by Gasteiger charge is 2.54. The van der Waals surface area contributed by atoms with E-state index in [0.29, 0.717) is 33.9 Å². The number of nitriles is 2. The van der Waals surface area contributed by atoms with Gasteiger partial charge in [0.2, 0.25) is 0 Å². The first-order valence-corrected chi connectivity index (χ1v) is 34.4. The Bertz CT molecular complexity index is 6460. The average molecular weight is 1270 g/mol. The molecule has 6 nitrogen and oxygen atoms in total. The second-order valence-electron chi connectivity index (χ2n) is 27.4. The summed E-state index contributed by atoms with van der Waals surface area (Å²) in [6, 6.07) is 122. The standard InChI is InChI=1S/C94H52N6/c95-53-71-90(98-83-45-21-9-33-63(83)64-34-10-22-46-84(64)98)92(100-86-48-24-12-36-66(86)70-50-68-60-30-6-18-42-78(60)94(80(68)52-88(70)100)75-39-15-3-27-57(75)58-28-4-16-40-76(58)94)72(54-96)89(97-81-43-19-7-31-61(81)62-32-8-20-44-82(62)97)91(71)99-85-47-23-11-35-65(85)69-49-67-59-29-5-17-41-77(59)93(79(67)51-87(69)99)73-37-13-1-25-55(73)56-26-2-14-38-74(56)93/h1-52H. The van der Waals surface area contributed by atoms with Crippen molar-refractivity contribution in [3.05, 3.63) is 371 Å². The Morgan fingerprint density at radius 2 is 0.390 bits per heavy atom. The number of hydrogen-bond donors (Lipinski definition) is 0. The molecule has 0 fully saturated rings. The molecule has 4 aliphatic carbocycles. The van der Waals surface area contributed by atoms with Gasteiger partial charge in [0.05, 0.1) is 77.7 Å². The number of nitrogens with zero attached hydrogens (tertiary/aromatic N) is 6. The van der Waals surface area contributed by atoms with Crippen molar-refractivity contribution in [2.75, 3.05) is 0 Å². The van der Waals surface area contributed by atoms with E-state index in [1.54, 1.807) is 0 Å². The van der Waals surface area contributed by atoms with Gasteiger partial charge >= 0.3 is 0 Å². The van der Waals surface area contributed by atoms with Crippen molar-refractivity contribution in [3.8, 4) is 79.4 Å². The predicted molar refractivity (Wildman–Crippen MR) is 406 cm³/mol. The van der Waals surface area contributed by atoms with Gasteiger partial charge in [0, 0.05) is 43.1 Å². The highest BCUT2D eigenvalue weighted by Crippen LogP contribution is 2.66. The number of rotatable bonds is 4. The highest BCUT2D eigenvalue weighted by molar-refractivity contribution is 6.18. The van der Waals surface area contributed by atoms with Crippen LogP contribution in [-0.2, 0) is 10.8 Å². The van der Waals surface area contributed by atoms with E-state index in [9.17, 15) is 10.5 Å². The molecule has 15 aromatic carbocycles. The van der Waals surface area contributed by atoms with Gasteiger partial charge in [-0.25, -0.2) is 0 Å². The Balaban J connectivity index is 0.952. The van der Waals surface area contributed by atoms with Gasteiger partial charge in [0.15, 0.2) is 0 Å². The fraction of sp³-hybridized carbons (Fsp3) is 0.0213. The molecule has 0 atom stereocenters. The van der Waals surface area contributed by atoms with Crippen LogP contribution < -0.4 is 0 Å².